The quantitative estimate of drug-likeness (QED) is 0.875. The largest absolute Gasteiger partial charge is 0.340 e. The number of nitrogens with one attached hydrogen (secondary N) is 1. The minimum atomic E-state index is -0.0414. The number of hydrogen-bond acceptors (Lipinski definition) is 4. The van der Waals surface area contributed by atoms with E-state index in [4.69, 9.17) is 4.52 Å². The summed E-state index contributed by atoms with van der Waals surface area (Å²) in [5.41, 5.74) is -0.0414. The van der Waals surface area contributed by atoms with Crippen LogP contribution in [0.15, 0.2) is 4.52 Å². The highest BCUT2D eigenvalue weighted by molar-refractivity contribution is 5.06. The third-order valence-electron chi connectivity index (χ3n) is 3.51. The molecule has 0 aromatic carbocycles. The summed E-state index contributed by atoms with van der Waals surface area (Å²) in [5, 5.41) is 7.82. The van der Waals surface area contributed by atoms with E-state index < -0.39 is 0 Å². The van der Waals surface area contributed by atoms with Crippen molar-refractivity contribution in [2.24, 2.45) is 5.92 Å². The predicted molar refractivity (Wildman–Crippen MR) is 66.6 cm³/mol. The molecule has 1 N–H and O–H groups in total. The Morgan fingerprint density at radius 3 is 2.53 bits per heavy atom. The average molecular weight is 237 g/mol. The van der Waals surface area contributed by atoms with E-state index >= 15 is 0 Å². The van der Waals surface area contributed by atoms with Crippen molar-refractivity contribution in [2.45, 2.75) is 58.4 Å². The van der Waals surface area contributed by atoms with Gasteiger partial charge >= 0.3 is 0 Å². The molecular formula is C13H23N3O. The zero-order valence-corrected chi connectivity index (χ0v) is 11.1. The molecule has 0 unspecified atom stereocenters. The molecule has 0 radical (unpaired) electrons. The Balaban J connectivity index is 2.16. The second kappa shape index (κ2) is 5.17. The highest BCUT2D eigenvalue weighted by atomic mass is 16.5. The lowest BCUT2D eigenvalue weighted by molar-refractivity contribution is 0.206. The average Bonchev–Trinajstić information content (AvgIpc) is 2.75. The summed E-state index contributed by atoms with van der Waals surface area (Å²) in [5.74, 6) is 2.16. The van der Waals surface area contributed by atoms with Crippen molar-refractivity contribution in [3.63, 3.8) is 0 Å². The van der Waals surface area contributed by atoms with Crippen molar-refractivity contribution in [3.8, 4) is 0 Å². The second-order valence-corrected chi connectivity index (χ2v) is 5.55. The van der Waals surface area contributed by atoms with Gasteiger partial charge < -0.3 is 9.84 Å². The Labute approximate surface area is 103 Å². The van der Waals surface area contributed by atoms with Gasteiger partial charge in [-0.2, -0.15) is 4.98 Å². The fraction of sp³-hybridized carbons (Fsp3) is 0.846. The summed E-state index contributed by atoms with van der Waals surface area (Å²) in [6.45, 7) is 7.32. The van der Waals surface area contributed by atoms with Crippen LogP contribution in [0.3, 0.4) is 0 Å². The van der Waals surface area contributed by atoms with Crippen LogP contribution < -0.4 is 5.32 Å². The van der Waals surface area contributed by atoms with Gasteiger partial charge in [0.25, 0.3) is 0 Å². The summed E-state index contributed by atoms with van der Waals surface area (Å²) in [7, 11) is 0. The van der Waals surface area contributed by atoms with Crippen LogP contribution in [0.1, 0.15) is 57.7 Å². The minimum Gasteiger partial charge on any atom is -0.340 e. The van der Waals surface area contributed by atoms with Crippen molar-refractivity contribution in [1.82, 2.24) is 15.5 Å². The van der Waals surface area contributed by atoms with E-state index in [0.717, 1.165) is 25.2 Å². The molecule has 2 rings (SSSR count). The smallest absolute Gasteiger partial charge is 0.223 e. The third-order valence-corrected chi connectivity index (χ3v) is 3.51. The fourth-order valence-electron chi connectivity index (χ4n) is 2.53. The van der Waals surface area contributed by atoms with Crippen LogP contribution in [-0.4, -0.2) is 16.7 Å². The van der Waals surface area contributed by atoms with Crippen LogP contribution >= 0.6 is 0 Å². The normalized spacial score (nSPS) is 19.8. The van der Waals surface area contributed by atoms with E-state index in [-0.39, 0.29) is 5.54 Å². The first kappa shape index (κ1) is 12.6. The Bertz CT molecular complexity index is 353. The minimum absolute atomic E-state index is 0.0414. The summed E-state index contributed by atoms with van der Waals surface area (Å²) >= 11 is 0. The van der Waals surface area contributed by atoms with E-state index in [1.807, 2.05) is 6.92 Å². The van der Waals surface area contributed by atoms with E-state index in [0.29, 0.717) is 11.8 Å². The Morgan fingerprint density at radius 1 is 1.29 bits per heavy atom. The first-order chi connectivity index (χ1) is 8.12. The molecular weight excluding hydrogens is 214 g/mol. The molecule has 96 valence electrons. The molecule has 1 fully saturated rings. The first-order valence-corrected chi connectivity index (χ1v) is 6.68. The molecule has 1 aliphatic rings. The number of nitrogens with zero attached hydrogens (tertiary/aromatic N) is 2. The maximum Gasteiger partial charge on any atom is 0.223 e. The van der Waals surface area contributed by atoms with Crippen molar-refractivity contribution in [2.75, 3.05) is 6.54 Å². The maximum atomic E-state index is 5.15. The van der Waals surface area contributed by atoms with Crippen molar-refractivity contribution in [3.05, 3.63) is 11.7 Å². The molecule has 4 nitrogen and oxygen atoms in total. The van der Waals surface area contributed by atoms with Gasteiger partial charge in [0.2, 0.25) is 5.89 Å². The van der Waals surface area contributed by atoms with Crippen LogP contribution in [0, 0.1) is 12.8 Å². The molecule has 0 amide bonds. The van der Waals surface area contributed by atoms with Crippen molar-refractivity contribution in [1.29, 1.82) is 0 Å². The van der Waals surface area contributed by atoms with Crippen LogP contribution in [0.2, 0.25) is 0 Å². The monoisotopic (exact) mass is 237 g/mol. The lowest BCUT2D eigenvalue weighted by Gasteiger charge is -2.36. The molecule has 4 heteroatoms. The first-order valence-electron chi connectivity index (χ1n) is 6.68. The Kier molecular flexibility index (Phi) is 3.82. The Morgan fingerprint density at radius 2 is 2.00 bits per heavy atom. The number of aryl methyl sites for hydroxylation is 1. The standard InChI is InChI=1S/C13H23N3O/c1-10(2)9-14-13(7-5-4-6-8-13)12-15-11(3)17-16-12/h10,14H,4-9H2,1-3H3. The molecule has 1 heterocycles. The lowest BCUT2D eigenvalue weighted by Crippen LogP contribution is -2.46. The highest BCUT2D eigenvalue weighted by Gasteiger charge is 2.37. The number of rotatable bonds is 4. The number of aromatic nitrogens is 2. The maximum absolute atomic E-state index is 5.15. The van der Waals surface area contributed by atoms with Crippen LogP contribution in [0.25, 0.3) is 0 Å². The molecule has 0 bridgehead atoms. The molecule has 0 saturated heterocycles. The van der Waals surface area contributed by atoms with Gasteiger partial charge in [0.15, 0.2) is 5.82 Å². The van der Waals surface area contributed by atoms with Crippen LogP contribution in [-0.2, 0) is 5.54 Å². The zero-order valence-electron chi connectivity index (χ0n) is 11.1. The summed E-state index contributed by atoms with van der Waals surface area (Å²) < 4.78 is 5.15. The van der Waals surface area contributed by atoms with E-state index in [9.17, 15) is 0 Å². The molecule has 1 aromatic heterocycles. The SMILES string of the molecule is Cc1nc(C2(NCC(C)C)CCCCC2)no1. The topological polar surface area (TPSA) is 51.0 Å². The van der Waals surface area contributed by atoms with Gasteiger partial charge in [0.05, 0.1) is 5.54 Å². The van der Waals surface area contributed by atoms with Gasteiger partial charge in [-0.25, -0.2) is 0 Å². The van der Waals surface area contributed by atoms with Crippen molar-refractivity contribution < 1.29 is 4.52 Å². The zero-order chi connectivity index (χ0) is 12.3. The molecule has 1 aliphatic carbocycles. The van der Waals surface area contributed by atoms with Crippen LogP contribution in [0.4, 0.5) is 0 Å². The highest BCUT2D eigenvalue weighted by Crippen LogP contribution is 2.35. The molecule has 0 atom stereocenters. The molecule has 17 heavy (non-hydrogen) atoms. The summed E-state index contributed by atoms with van der Waals surface area (Å²) in [6.07, 6.45) is 6.07. The molecule has 0 spiro atoms. The summed E-state index contributed by atoms with van der Waals surface area (Å²) in [4.78, 5) is 4.44. The van der Waals surface area contributed by atoms with Gasteiger partial charge in [-0.15, -0.1) is 0 Å². The third kappa shape index (κ3) is 2.86. The van der Waals surface area contributed by atoms with E-state index in [1.165, 1.54) is 19.3 Å². The number of hydrogen-bond donors (Lipinski definition) is 1. The molecule has 0 aliphatic heterocycles. The lowest BCUT2D eigenvalue weighted by atomic mass is 9.80. The van der Waals surface area contributed by atoms with Gasteiger partial charge in [0, 0.05) is 6.92 Å². The van der Waals surface area contributed by atoms with Gasteiger partial charge in [-0.05, 0) is 25.3 Å². The Hall–Kier alpha value is -0.900. The fourth-order valence-corrected chi connectivity index (χ4v) is 2.53. The molecule has 1 saturated carbocycles. The van der Waals surface area contributed by atoms with E-state index in [2.05, 4.69) is 29.3 Å². The molecule has 1 aromatic rings. The predicted octanol–water partition coefficient (Wildman–Crippen LogP) is 2.78. The van der Waals surface area contributed by atoms with Gasteiger partial charge in [0.1, 0.15) is 0 Å². The van der Waals surface area contributed by atoms with Crippen LogP contribution in [0.5, 0.6) is 0 Å². The van der Waals surface area contributed by atoms with Crippen molar-refractivity contribution >= 4 is 0 Å². The van der Waals surface area contributed by atoms with Gasteiger partial charge in [-0.1, -0.05) is 38.3 Å². The second-order valence-electron chi connectivity index (χ2n) is 5.55. The van der Waals surface area contributed by atoms with Gasteiger partial charge in [-0.3, -0.25) is 0 Å². The summed E-state index contributed by atoms with van der Waals surface area (Å²) in [6, 6.07) is 0. The van der Waals surface area contributed by atoms with E-state index in [1.54, 1.807) is 0 Å².